The van der Waals surface area contributed by atoms with Crippen molar-refractivity contribution in [1.82, 2.24) is 0 Å². The Kier molecular flexibility index (Phi) is 8.20. The zero-order valence-electron chi connectivity index (χ0n) is 19.3. The number of benzene rings is 4. The van der Waals surface area contributed by atoms with E-state index in [1.807, 2.05) is 0 Å². The molecule has 4 aromatic rings. The second-order valence-electron chi connectivity index (χ2n) is 7.62. The van der Waals surface area contributed by atoms with Crippen molar-refractivity contribution in [2.75, 3.05) is 39.2 Å². The van der Waals surface area contributed by atoms with Gasteiger partial charge in [-0.2, -0.15) is 0 Å². The number of ether oxygens (including phenoxy) is 4. The topological polar surface area (TPSA) is 77.4 Å². The van der Waals surface area contributed by atoms with E-state index in [1.54, 1.807) is 36.4 Å². The first kappa shape index (κ1) is 26.4. The van der Waals surface area contributed by atoms with Crippen molar-refractivity contribution in [3.8, 4) is 45.6 Å². The number of phenols is 2. The molecule has 0 bridgehead atoms. The van der Waals surface area contributed by atoms with Gasteiger partial charge in [0.25, 0.3) is 0 Å². The van der Waals surface area contributed by atoms with Gasteiger partial charge < -0.3 is 29.2 Å². The van der Waals surface area contributed by atoms with Gasteiger partial charge in [0.15, 0.2) is 11.5 Å². The van der Waals surface area contributed by atoms with Crippen LogP contribution in [0.25, 0.3) is 32.7 Å². The van der Waals surface area contributed by atoms with E-state index in [0.29, 0.717) is 43.1 Å². The Morgan fingerprint density at radius 3 is 2.06 bits per heavy atom. The lowest BCUT2D eigenvalue weighted by atomic mass is 9.93. The van der Waals surface area contributed by atoms with Crippen molar-refractivity contribution in [2.24, 2.45) is 0 Å². The van der Waals surface area contributed by atoms with Gasteiger partial charge in [-0.3, -0.25) is 0 Å². The maximum absolute atomic E-state index is 11.5. The third kappa shape index (κ3) is 4.59. The summed E-state index contributed by atoms with van der Waals surface area (Å²) in [5.41, 5.74) is 0.430. The minimum absolute atomic E-state index is 0.114. The molecule has 0 spiro atoms. The first-order chi connectivity index (χ1) is 17.4. The maximum Gasteiger partial charge on any atom is 0.173 e. The van der Waals surface area contributed by atoms with Crippen molar-refractivity contribution >= 4 is 67.9 Å². The maximum atomic E-state index is 11.5. The summed E-state index contributed by atoms with van der Waals surface area (Å²) in [4.78, 5) is 0. The van der Waals surface area contributed by atoms with Crippen molar-refractivity contribution < 1.29 is 29.2 Å². The average molecular weight is 572 g/mol. The van der Waals surface area contributed by atoms with E-state index < -0.39 is 0 Å². The van der Waals surface area contributed by atoms with Crippen LogP contribution >= 0.6 is 46.4 Å². The minimum atomic E-state index is -0.179. The summed E-state index contributed by atoms with van der Waals surface area (Å²) in [5.74, 6) is 1.26. The summed E-state index contributed by atoms with van der Waals surface area (Å²) in [6.45, 7) is 0.354. The van der Waals surface area contributed by atoms with Gasteiger partial charge in [-0.1, -0.05) is 23.2 Å². The monoisotopic (exact) mass is 570 g/mol. The molecule has 6 nitrogen and oxygen atoms in total. The molecule has 0 atom stereocenters. The highest BCUT2D eigenvalue weighted by atomic mass is 35.5. The molecule has 190 valence electrons. The van der Waals surface area contributed by atoms with Gasteiger partial charge in [-0.25, -0.2) is 0 Å². The van der Waals surface area contributed by atoms with Gasteiger partial charge >= 0.3 is 0 Å². The van der Waals surface area contributed by atoms with Crippen LogP contribution in [0.5, 0.6) is 34.5 Å². The Labute approximate surface area is 227 Å². The molecule has 0 radical (unpaired) electrons. The van der Waals surface area contributed by atoms with Gasteiger partial charge in [-0.15, -0.1) is 23.2 Å². The lowest BCUT2D eigenvalue weighted by Gasteiger charge is -2.22. The fourth-order valence-electron chi connectivity index (χ4n) is 4.18. The Hall–Kier alpha value is -2.64. The molecule has 0 unspecified atom stereocenters. The van der Waals surface area contributed by atoms with Crippen molar-refractivity contribution in [3.63, 3.8) is 0 Å². The van der Waals surface area contributed by atoms with Gasteiger partial charge in [-0.05, 0) is 36.4 Å². The van der Waals surface area contributed by atoms with Crippen molar-refractivity contribution in [2.45, 2.75) is 0 Å². The molecule has 0 aliphatic carbocycles. The molecule has 4 aromatic carbocycles. The molecule has 0 aromatic heterocycles. The number of methoxy groups -OCH3 is 2. The van der Waals surface area contributed by atoms with E-state index in [-0.39, 0.29) is 59.1 Å². The molecule has 0 aliphatic rings. The smallest absolute Gasteiger partial charge is 0.173 e. The molecule has 0 heterocycles. The molecule has 0 fully saturated rings. The lowest BCUT2D eigenvalue weighted by Crippen LogP contribution is -2.04. The molecule has 2 N–H and O–H groups in total. The van der Waals surface area contributed by atoms with Crippen LogP contribution in [0.15, 0.2) is 36.4 Å². The number of phenolic OH excluding ortho intramolecular Hbond substituents is 2. The zero-order chi connectivity index (χ0) is 26.0. The van der Waals surface area contributed by atoms with E-state index in [1.165, 1.54) is 14.2 Å². The second-order valence-corrected chi connectivity index (χ2v) is 9.22. The van der Waals surface area contributed by atoms with Crippen LogP contribution in [0.4, 0.5) is 0 Å². The zero-order valence-corrected chi connectivity index (χ0v) is 22.4. The Morgan fingerprint density at radius 1 is 0.722 bits per heavy atom. The Morgan fingerprint density at radius 2 is 1.39 bits per heavy atom. The number of alkyl halides is 2. The minimum Gasteiger partial charge on any atom is -0.507 e. The summed E-state index contributed by atoms with van der Waals surface area (Å²) < 4.78 is 23.1. The van der Waals surface area contributed by atoms with Crippen LogP contribution < -0.4 is 18.9 Å². The van der Waals surface area contributed by atoms with E-state index >= 15 is 0 Å². The largest absolute Gasteiger partial charge is 0.507 e. The summed E-state index contributed by atoms with van der Waals surface area (Å²) in [6.07, 6.45) is 0. The highest BCUT2D eigenvalue weighted by Crippen LogP contribution is 2.56. The number of halogens is 4. The SMILES string of the molecule is COc1c(-c2cc(OCCCl)c3cc(Cl)ccc3c2O)c(O)c2ccc(Cl)c(OC)c2c1OCCCl. The lowest BCUT2D eigenvalue weighted by molar-refractivity contribution is 0.314. The first-order valence-electron chi connectivity index (χ1n) is 10.8. The molecule has 0 saturated carbocycles. The van der Waals surface area contributed by atoms with Gasteiger partial charge in [0, 0.05) is 26.7 Å². The van der Waals surface area contributed by atoms with E-state index in [9.17, 15) is 10.2 Å². The fourth-order valence-corrected chi connectivity index (χ4v) is 4.74. The number of hydrogen-bond donors (Lipinski definition) is 2. The van der Waals surface area contributed by atoms with Gasteiger partial charge in [0.2, 0.25) is 0 Å². The van der Waals surface area contributed by atoms with Gasteiger partial charge in [0.05, 0.1) is 42.0 Å². The molecule has 36 heavy (non-hydrogen) atoms. The Balaban J connectivity index is 2.15. The molecule has 0 amide bonds. The van der Waals surface area contributed by atoms with Crippen molar-refractivity contribution in [1.29, 1.82) is 0 Å². The summed E-state index contributed by atoms with van der Waals surface area (Å²) in [5, 5.41) is 25.5. The highest BCUT2D eigenvalue weighted by molar-refractivity contribution is 6.34. The fraction of sp³-hybridized carbons (Fsp3) is 0.231. The third-order valence-electron chi connectivity index (χ3n) is 5.63. The molecule has 4 rings (SSSR count). The third-order valence-corrected chi connectivity index (χ3v) is 6.47. The molecule has 0 saturated heterocycles. The van der Waals surface area contributed by atoms with E-state index in [4.69, 9.17) is 65.4 Å². The molecule has 0 aliphatic heterocycles. The highest BCUT2D eigenvalue weighted by Gasteiger charge is 2.29. The summed E-state index contributed by atoms with van der Waals surface area (Å²) in [6, 6.07) is 9.84. The second kappa shape index (κ2) is 11.2. The predicted octanol–water partition coefficient (Wildman–Crippen LogP) is 7.63. The van der Waals surface area contributed by atoms with Crippen LogP contribution in [-0.2, 0) is 0 Å². The van der Waals surface area contributed by atoms with Crippen LogP contribution in [0.2, 0.25) is 10.0 Å². The van der Waals surface area contributed by atoms with E-state index in [0.717, 1.165) is 0 Å². The molecular formula is C26H22Cl4O6. The van der Waals surface area contributed by atoms with Crippen LogP contribution in [0.1, 0.15) is 0 Å². The number of hydrogen-bond acceptors (Lipinski definition) is 6. The standard InChI is InChI=1S/C26H22Cl4O6/c1-33-24-18(30)6-5-15-21(24)26(36-10-8-28)25(34-2)20(23(15)32)17-12-19(35-9-7-27)16-11-13(29)3-4-14(16)22(17)31/h3-6,11-12,31-32H,7-10H2,1-2H3. The first-order valence-corrected chi connectivity index (χ1v) is 12.6. The van der Waals surface area contributed by atoms with Crippen molar-refractivity contribution in [3.05, 3.63) is 46.4 Å². The summed E-state index contributed by atoms with van der Waals surface area (Å²) >= 11 is 24.4. The van der Waals surface area contributed by atoms with Crippen LogP contribution in [0, 0.1) is 0 Å². The average Bonchev–Trinajstić information content (AvgIpc) is 2.87. The van der Waals surface area contributed by atoms with E-state index in [2.05, 4.69) is 0 Å². The van der Waals surface area contributed by atoms with Crippen LogP contribution in [-0.4, -0.2) is 49.4 Å². The Bertz CT molecular complexity index is 1440. The number of fused-ring (bicyclic) bond motifs is 2. The van der Waals surface area contributed by atoms with Crippen LogP contribution in [0.3, 0.4) is 0 Å². The number of rotatable bonds is 9. The normalized spacial score (nSPS) is 11.2. The number of aromatic hydroxyl groups is 2. The molecular weight excluding hydrogens is 550 g/mol. The summed E-state index contributed by atoms with van der Waals surface area (Å²) in [7, 11) is 2.89. The quantitative estimate of drug-likeness (QED) is 0.201. The predicted molar refractivity (Wildman–Crippen MR) is 146 cm³/mol. The van der Waals surface area contributed by atoms with Gasteiger partial charge in [0.1, 0.15) is 36.2 Å². The molecule has 10 heteroatoms.